The topological polar surface area (TPSA) is 56.1 Å². The summed E-state index contributed by atoms with van der Waals surface area (Å²) in [5, 5.41) is 6.90. The van der Waals surface area contributed by atoms with Crippen LogP contribution in [-0.4, -0.2) is 28.2 Å². The molecule has 168 valence electrons. The molecule has 0 saturated heterocycles. The van der Waals surface area contributed by atoms with Crippen LogP contribution < -0.4 is 10.1 Å². The van der Waals surface area contributed by atoms with E-state index in [9.17, 15) is 22.4 Å². The van der Waals surface area contributed by atoms with Crippen molar-refractivity contribution in [1.29, 1.82) is 0 Å². The molecule has 3 aromatic rings. The molecule has 1 aliphatic carbocycles. The summed E-state index contributed by atoms with van der Waals surface area (Å²) in [6.07, 6.45) is 1.47. The van der Waals surface area contributed by atoms with Crippen LogP contribution in [0.1, 0.15) is 24.0 Å². The average Bonchev–Trinajstić information content (AvgIpc) is 3.15. The van der Waals surface area contributed by atoms with Gasteiger partial charge in [-0.1, -0.05) is 18.2 Å². The number of carbonyl (C=O) groups excluding carboxylic acids is 1. The number of nitrogens with zero attached hydrogens (tertiary/aromatic N) is 2. The number of aromatic nitrogens is 2. The van der Waals surface area contributed by atoms with Gasteiger partial charge in [0.1, 0.15) is 5.75 Å². The van der Waals surface area contributed by atoms with Crippen molar-refractivity contribution in [1.82, 2.24) is 9.78 Å². The molecule has 0 atom stereocenters. The number of nitrogens with one attached hydrogen (secondary N) is 1. The van der Waals surface area contributed by atoms with Gasteiger partial charge in [0.25, 0.3) is 0 Å². The first-order chi connectivity index (χ1) is 15.3. The zero-order valence-electron chi connectivity index (χ0n) is 17.0. The van der Waals surface area contributed by atoms with E-state index in [1.165, 1.54) is 10.7 Å². The van der Waals surface area contributed by atoms with Gasteiger partial charge in [0.2, 0.25) is 11.8 Å². The Balaban J connectivity index is 1.24. The van der Waals surface area contributed by atoms with Crippen LogP contribution in [0.2, 0.25) is 0 Å². The number of carbonyl (C=O) groups is 1. The first-order valence-electron chi connectivity index (χ1n) is 10.1. The molecule has 5 nitrogen and oxygen atoms in total. The van der Waals surface area contributed by atoms with Crippen molar-refractivity contribution >= 4 is 11.7 Å². The zero-order valence-corrected chi connectivity index (χ0v) is 17.0. The summed E-state index contributed by atoms with van der Waals surface area (Å²) in [6, 6.07) is 12.1. The number of ether oxygens (including phenoxy) is 1. The van der Waals surface area contributed by atoms with E-state index in [4.69, 9.17) is 4.74 Å². The Morgan fingerprint density at radius 2 is 1.78 bits per heavy atom. The fourth-order valence-corrected chi connectivity index (χ4v) is 3.53. The number of alkyl halides is 2. The molecule has 4 rings (SSSR count). The highest BCUT2D eigenvalue weighted by Gasteiger charge is 2.45. The van der Waals surface area contributed by atoms with Crippen molar-refractivity contribution in [2.45, 2.75) is 31.7 Å². The molecule has 1 heterocycles. The highest BCUT2D eigenvalue weighted by Crippen LogP contribution is 2.42. The maximum Gasteiger partial charge on any atom is 0.248 e. The van der Waals surface area contributed by atoms with Gasteiger partial charge in [0, 0.05) is 31.0 Å². The predicted molar refractivity (Wildman–Crippen MR) is 110 cm³/mol. The third-order valence-corrected chi connectivity index (χ3v) is 5.19. The molecule has 0 spiro atoms. The van der Waals surface area contributed by atoms with Crippen LogP contribution in [0.4, 0.5) is 23.4 Å². The molecule has 1 fully saturated rings. The summed E-state index contributed by atoms with van der Waals surface area (Å²) in [5.74, 6) is -3.88. The second-order valence-electron chi connectivity index (χ2n) is 7.96. The lowest BCUT2D eigenvalue weighted by Gasteiger charge is -2.34. The van der Waals surface area contributed by atoms with Gasteiger partial charge >= 0.3 is 0 Å². The normalized spacial score (nSPS) is 15.2. The monoisotopic (exact) mass is 447 g/mol. The van der Waals surface area contributed by atoms with Crippen LogP contribution in [0.25, 0.3) is 0 Å². The van der Waals surface area contributed by atoms with Crippen LogP contribution in [0.15, 0.2) is 54.7 Å². The molecule has 32 heavy (non-hydrogen) atoms. The lowest BCUT2D eigenvalue weighted by molar-refractivity contribution is -0.119. The smallest absolute Gasteiger partial charge is 0.248 e. The van der Waals surface area contributed by atoms with Crippen molar-refractivity contribution in [3.8, 4) is 5.75 Å². The number of hydrogen-bond acceptors (Lipinski definition) is 3. The van der Waals surface area contributed by atoms with Gasteiger partial charge in [-0.3, -0.25) is 9.48 Å². The predicted octanol–water partition coefficient (Wildman–Crippen LogP) is 4.81. The summed E-state index contributed by atoms with van der Waals surface area (Å²) in [7, 11) is 0. The van der Waals surface area contributed by atoms with Crippen LogP contribution in [0, 0.1) is 17.6 Å². The molecule has 0 radical (unpaired) electrons. The Labute approximate surface area is 182 Å². The Bertz CT molecular complexity index is 1090. The molecule has 0 aliphatic heterocycles. The van der Waals surface area contributed by atoms with Crippen LogP contribution in [-0.2, 0) is 17.8 Å². The summed E-state index contributed by atoms with van der Waals surface area (Å²) < 4.78 is 59.1. The SMILES string of the molecule is O=C(Cc1ccc(OCC2CC(F)(F)C2)cc1)Nc1ccn(Cc2ccc(F)c(F)c2)n1. The molecular weight excluding hydrogens is 426 g/mol. The van der Waals surface area contributed by atoms with Gasteiger partial charge < -0.3 is 10.1 Å². The first-order valence-corrected chi connectivity index (χ1v) is 10.1. The van der Waals surface area contributed by atoms with Crippen molar-refractivity contribution < 1.29 is 27.1 Å². The average molecular weight is 447 g/mol. The third kappa shape index (κ3) is 5.66. The van der Waals surface area contributed by atoms with E-state index in [-0.39, 0.29) is 44.2 Å². The van der Waals surface area contributed by atoms with E-state index in [1.807, 2.05) is 0 Å². The minimum Gasteiger partial charge on any atom is -0.493 e. The highest BCUT2D eigenvalue weighted by atomic mass is 19.3. The number of amides is 1. The highest BCUT2D eigenvalue weighted by molar-refractivity contribution is 5.91. The molecule has 0 bridgehead atoms. The van der Waals surface area contributed by atoms with E-state index < -0.39 is 17.6 Å². The number of anilines is 1. The second kappa shape index (κ2) is 9.02. The molecular formula is C23H21F4N3O2. The number of halogens is 4. The van der Waals surface area contributed by atoms with Crippen molar-refractivity contribution in [2.75, 3.05) is 11.9 Å². The fourth-order valence-electron chi connectivity index (χ4n) is 3.53. The van der Waals surface area contributed by atoms with Gasteiger partial charge in [0.05, 0.1) is 19.6 Å². The number of benzene rings is 2. The summed E-state index contributed by atoms with van der Waals surface area (Å²) in [4.78, 5) is 12.3. The van der Waals surface area contributed by atoms with Gasteiger partial charge in [-0.05, 0) is 35.4 Å². The number of rotatable bonds is 8. The Morgan fingerprint density at radius 3 is 2.47 bits per heavy atom. The van der Waals surface area contributed by atoms with E-state index in [1.54, 1.807) is 36.5 Å². The molecule has 2 aromatic carbocycles. The van der Waals surface area contributed by atoms with Crippen molar-refractivity contribution in [3.63, 3.8) is 0 Å². The Hall–Kier alpha value is -3.36. The lowest BCUT2D eigenvalue weighted by atomic mass is 9.82. The first kappa shape index (κ1) is 21.9. The van der Waals surface area contributed by atoms with Crippen LogP contribution in [0.3, 0.4) is 0 Å². The van der Waals surface area contributed by atoms with Gasteiger partial charge in [0.15, 0.2) is 17.5 Å². The van der Waals surface area contributed by atoms with Crippen LogP contribution in [0.5, 0.6) is 5.75 Å². The van der Waals surface area contributed by atoms with E-state index >= 15 is 0 Å². The Kier molecular flexibility index (Phi) is 6.16. The van der Waals surface area contributed by atoms with E-state index in [0.29, 0.717) is 17.1 Å². The van der Waals surface area contributed by atoms with E-state index in [0.717, 1.165) is 17.7 Å². The minimum absolute atomic E-state index is 0.116. The zero-order chi connectivity index (χ0) is 22.7. The second-order valence-corrected chi connectivity index (χ2v) is 7.96. The van der Waals surface area contributed by atoms with Gasteiger partial charge in [-0.2, -0.15) is 5.10 Å². The van der Waals surface area contributed by atoms with E-state index in [2.05, 4.69) is 10.4 Å². The number of hydrogen-bond donors (Lipinski definition) is 1. The maximum absolute atomic E-state index is 13.3. The standard InChI is InChI=1S/C23H21F4N3O2/c24-19-6-3-16(9-20(19)25)13-30-8-7-21(29-30)28-22(31)10-15-1-4-18(5-2-15)32-14-17-11-23(26,27)12-17/h1-9,17H,10-14H2,(H,28,29,31). The molecule has 1 N–H and O–H groups in total. The maximum atomic E-state index is 13.3. The largest absolute Gasteiger partial charge is 0.493 e. The molecule has 0 unspecified atom stereocenters. The Morgan fingerprint density at radius 1 is 1.06 bits per heavy atom. The fraction of sp³-hybridized carbons (Fsp3) is 0.304. The van der Waals surface area contributed by atoms with Crippen LogP contribution >= 0.6 is 0 Å². The molecule has 1 amide bonds. The summed E-state index contributed by atoms with van der Waals surface area (Å²) in [5.41, 5.74) is 1.30. The minimum atomic E-state index is -2.56. The van der Waals surface area contributed by atoms with Crippen molar-refractivity contribution in [2.24, 2.45) is 5.92 Å². The van der Waals surface area contributed by atoms with Gasteiger partial charge in [-0.15, -0.1) is 0 Å². The van der Waals surface area contributed by atoms with Crippen molar-refractivity contribution in [3.05, 3.63) is 77.5 Å². The molecule has 9 heteroatoms. The quantitative estimate of drug-likeness (QED) is 0.504. The molecule has 1 saturated carbocycles. The summed E-state index contributed by atoms with van der Waals surface area (Å²) >= 11 is 0. The third-order valence-electron chi connectivity index (χ3n) is 5.19. The molecule has 1 aromatic heterocycles. The molecule has 1 aliphatic rings. The van der Waals surface area contributed by atoms with Gasteiger partial charge in [-0.25, -0.2) is 17.6 Å². The summed E-state index contributed by atoms with van der Waals surface area (Å²) in [6.45, 7) is 0.482. The lowest BCUT2D eigenvalue weighted by Crippen LogP contribution is -2.38.